The van der Waals surface area contributed by atoms with Crippen LogP contribution in [-0.4, -0.2) is 47.2 Å². The average molecular weight is 441 g/mol. The van der Waals surface area contributed by atoms with Crippen LogP contribution in [0.25, 0.3) is 0 Å². The number of amidine groups is 1. The number of hydrogen-bond acceptors (Lipinski definition) is 5. The predicted octanol–water partition coefficient (Wildman–Crippen LogP) is 3.24. The number of carbonyl (C=O) groups is 1. The van der Waals surface area contributed by atoms with Crippen LogP contribution in [0.1, 0.15) is 10.4 Å². The molecule has 0 unspecified atom stereocenters. The molecule has 2 fully saturated rings. The number of hydrogen-bond donors (Lipinski definition) is 0. The molecular weight excluding hydrogens is 424 g/mol. The van der Waals surface area contributed by atoms with Gasteiger partial charge in [0.15, 0.2) is 15.0 Å². The maximum absolute atomic E-state index is 12.4. The van der Waals surface area contributed by atoms with Crippen LogP contribution in [0.15, 0.2) is 46.8 Å². The molecule has 2 aliphatic rings. The Hall–Kier alpha value is -1.35. The average Bonchev–Trinajstić information content (AvgIpc) is 3.27. The van der Waals surface area contributed by atoms with Gasteiger partial charge in [-0.25, -0.2) is 8.42 Å². The fourth-order valence-corrected chi connectivity index (χ4v) is 8.11. The summed E-state index contributed by atoms with van der Waals surface area (Å²) in [5, 5.41) is 3.13. The summed E-state index contributed by atoms with van der Waals surface area (Å²) >= 11 is 8.89. The van der Waals surface area contributed by atoms with Crippen molar-refractivity contribution in [3.63, 3.8) is 0 Å². The van der Waals surface area contributed by atoms with Gasteiger partial charge in [0.05, 0.1) is 24.0 Å². The van der Waals surface area contributed by atoms with Crippen molar-refractivity contribution in [3.8, 4) is 0 Å². The first-order valence-corrected chi connectivity index (χ1v) is 12.4. The van der Waals surface area contributed by atoms with Crippen molar-refractivity contribution in [2.45, 2.75) is 24.3 Å². The minimum atomic E-state index is -3.05. The van der Waals surface area contributed by atoms with Crippen LogP contribution in [0.4, 0.5) is 0 Å². The monoisotopic (exact) mass is 440 g/mol. The smallest absolute Gasteiger partial charge is 0.253 e. The van der Waals surface area contributed by atoms with E-state index >= 15 is 0 Å². The van der Waals surface area contributed by atoms with Crippen LogP contribution < -0.4 is 0 Å². The van der Waals surface area contributed by atoms with Crippen LogP contribution >= 0.6 is 34.7 Å². The maximum Gasteiger partial charge on any atom is 0.253 e. The first-order chi connectivity index (χ1) is 12.9. The zero-order chi connectivity index (χ0) is 19.0. The number of sulfone groups is 1. The fourth-order valence-electron chi connectivity index (χ4n) is 3.32. The molecule has 0 aliphatic carbocycles. The summed E-state index contributed by atoms with van der Waals surface area (Å²) in [4.78, 5) is 19.7. The zero-order valence-corrected chi connectivity index (χ0v) is 17.5. The SMILES string of the molecule is O=C(Cc1cccs1)N=C1S[C@H]2CS(=O)(=O)C[C@@H]2N1Cc1ccc(Cl)cc1. The van der Waals surface area contributed by atoms with E-state index in [1.165, 1.54) is 23.1 Å². The van der Waals surface area contributed by atoms with Crippen molar-refractivity contribution in [1.82, 2.24) is 4.90 Å². The highest BCUT2D eigenvalue weighted by molar-refractivity contribution is 8.15. The Morgan fingerprint density at radius 3 is 2.70 bits per heavy atom. The van der Waals surface area contributed by atoms with Gasteiger partial charge in [0.1, 0.15) is 0 Å². The number of thiophene rings is 1. The number of carbonyl (C=O) groups excluding carboxylic acids is 1. The van der Waals surface area contributed by atoms with Crippen molar-refractivity contribution in [3.05, 3.63) is 57.2 Å². The van der Waals surface area contributed by atoms with E-state index in [1.54, 1.807) is 0 Å². The van der Waals surface area contributed by atoms with Gasteiger partial charge >= 0.3 is 0 Å². The van der Waals surface area contributed by atoms with Gasteiger partial charge in [-0.2, -0.15) is 4.99 Å². The van der Waals surface area contributed by atoms with Crippen molar-refractivity contribution >= 4 is 55.6 Å². The van der Waals surface area contributed by atoms with Crippen molar-refractivity contribution < 1.29 is 13.2 Å². The van der Waals surface area contributed by atoms with E-state index in [2.05, 4.69) is 4.99 Å². The maximum atomic E-state index is 12.4. The third-order valence-electron chi connectivity index (χ3n) is 4.57. The second-order valence-corrected chi connectivity index (χ2v) is 11.4. The highest BCUT2D eigenvalue weighted by atomic mass is 35.5. The Morgan fingerprint density at radius 1 is 1.22 bits per heavy atom. The van der Waals surface area contributed by atoms with E-state index < -0.39 is 9.84 Å². The first-order valence-electron chi connectivity index (χ1n) is 8.42. The number of benzene rings is 1. The molecule has 0 saturated carbocycles. The Bertz CT molecular complexity index is 972. The third-order valence-corrected chi connectivity index (χ3v) is 8.94. The molecule has 2 saturated heterocycles. The second kappa shape index (κ2) is 7.58. The molecule has 3 heterocycles. The lowest BCUT2D eigenvalue weighted by Gasteiger charge is -2.24. The van der Waals surface area contributed by atoms with Crippen molar-refractivity contribution in [2.75, 3.05) is 11.5 Å². The van der Waals surface area contributed by atoms with Crippen LogP contribution in [0.3, 0.4) is 0 Å². The van der Waals surface area contributed by atoms with Crippen LogP contribution in [0.5, 0.6) is 0 Å². The summed E-state index contributed by atoms with van der Waals surface area (Å²) in [5.74, 6) is 0.0393. The van der Waals surface area contributed by atoms with Gasteiger partial charge in [0.2, 0.25) is 0 Å². The molecule has 5 nitrogen and oxygen atoms in total. The molecule has 2 aliphatic heterocycles. The highest BCUT2D eigenvalue weighted by Gasteiger charge is 2.48. The minimum absolute atomic E-state index is 0.0735. The number of fused-ring (bicyclic) bond motifs is 1. The van der Waals surface area contributed by atoms with Crippen LogP contribution in [0.2, 0.25) is 5.02 Å². The molecule has 4 rings (SSSR count). The number of amides is 1. The van der Waals surface area contributed by atoms with Crippen LogP contribution in [-0.2, 0) is 27.6 Å². The lowest BCUT2D eigenvalue weighted by Crippen LogP contribution is -2.37. The molecule has 142 valence electrons. The Kier molecular flexibility index (Phi) is 5.33. The molecule has 2 aromatic rings. The summed E-state index contributed by atoms with van der Waals surface area (Å²) < 4.78 is 24.1. The van der Waals surface area contributed by atoms with Crippen molar-refractivity contribution in [1.29, 1.82) is 0 Å². The van der Waals surface area contributed by atoms with E-state index in [-0.39, 0.29) is 35.1 Å². The second-order valence-electron chi connectivity index (χ2n) is 6.60. The van der Waals surface area contributed by atoms with Crippen LogP contribution in [0, 0.1) is 0 Å². The van der Waals surface area contributed by atoms with Gasteiger partial charge in [-0.15, -0.1) is 11.3 Å². The Labute approximate surface area is 171 Å². The first kappa shape index (κ1) is 19.0. The fraction of sp³-hybridized carbons (Fsp3) is 0.333. The highest BCUT2D eigenvalue weighted by Crippen LogP contribution is 2.39. The molecule has 1 aromatic carbocycles. The summed E-state index contributed by atoms with van der Waals surface area (Å²) in [6.07, 6.45) is 0.268. The topological polar surface area (TPSA) is 66.8 Å². The zero-order valence-electron chi connectivity index (χ0n) is 14.2. The normalized spacial score (nSPS) is 25.1. The molecule has 27 heavy (non-hydrogen) atoms. The number of nitrogens with zero attached hydrogens (tertiary/aromatic N) is 2. The standard InChI is InChI=1S/C18H17ClN2O3S3/c19-13-5-3-12(4-6-13)9-21-15-10-27(23,24)11-16(15)26-18(21)20-17(22)8-14-2-1-7-25-14/h1-7,15-16H,8-11H2/t15-,16-/m0/s1. The third kappa shape index (κ3) is 4.39. The number of thioether (sulfide) groups is 1. The van der Waals surface area contributed by atoms with Gasteiger partial charge in [0, 0.05) is 21.7 Å². The Balaban J connectivity index is 1.58. The molecule has 9 heteroatoms. The number of aliphatic imine (C=N–C) groups is 1. The summed E-state index contributed by atoms with van der Waals surface area (Å²) in [7, 11) is -3.05. The lowest BCUT2D eigenvalue weighted by atomic mass is 10.1. The van der Waals surface area contributed by atoms with Gasteiger partial charge in [-0.3, -0.25) is 4.79 Å². The lowest BCUT2D eigenvalue weighted by molar-refractivity contribution is -0.117. The molecule has 0 N–H and O–H groups in total. The van der Waals surface area contributed by atoms with E-state index in [1.807, 2.05) is 46.7 Å². The van der Waals surface area contributed by atoms with E-state index in [0.717, 1.165) is 10.4 Å². The van der Waals surface area contributed by atoms with Gasteiger partial charge < -0.3 is 4.90 Å². The van der Waals surface area contributed by atoms with E-state index in [0.29, 0.717) is 16.7 Å². The molecule has 2 atom stereocenters. The number of halogens is 1. The largest absolute Gasteiger partial charge is 0.342 e. The van der Waals surface area contributed by atoms with Crippen molar-refractivity contribution in [2.24, 2.45) is 4.99 Å². The van der Waals surface area contributed by atoms with Gasteiger partial charge in [-0.05, 0) is 29.1 Å². The summed E-state index contributed by atoms with van der Waals surface area (Å²) in [6.45, 7) is 0.506. The van der Waals surface area contributed by atoms with E-state index in [9.17, 15) is 13.2 Å². The molecule has 1 aromatic heterocycles. The molecule has 0 radical (unpaired) electrons. The summed E-state index contributed by atoms with van der Waals surface area (Å²) in [6, 6.07) is 11.1. The Morgan fingerprint density at radius 2 is 2.00 bits per heavy atom. The van der Waals surface area contributed by atoms with Gasteiger partial charge in [-0.1, -0.05) is 41.6 Å². The quantitative estimate of drug-likeness (QED) is 0.730. The van der Waals surface area contributed by atoms with Gasteiger partial charge in [0.25, 0.3) is 5.91 Å². The predicted molar refractivity (Wildman–Crippen MR) is 111 cm³/mol. The number of rotatable bonds is 4. The molecular formula is C18H17ClN2O3S3. The summed E-state index contributed by atoms with van der Waals surface area (Å²) in [5.41, 5.74) is 1.00. The molecule has 1 amide bonds. The molecule has 0 bridgehead atoms. The van der Waals surface area contributed by atoms with E-state index in [4.69, 9.17) is 11.6 Å². The minimum Gasteiger partial charge on any atom is -0.342 e. The molecule has 0 spiro atoms.